The number of tetrazole rings is 1. The SMILES string of the molecule is Fc1ccc(Cn2nnc(-c3cccc(-c4ncc(-c5ccccc5)o4)c3)n2)cc1F. The van der Waals surface area contributed by atoms with Crippen LogP contribution in [0.1, 0.15) is 5.56 Å². The van der Waals surface area contributed by atoms with Crippen molar-refractivity contribution in [3.63, 3.8) is 0 Å². The minimum atomic E-state index is -0.911. The van der Waals surface area contributed by atoms with Crippen LogP contribution in [0.15, 0.2) is 83.4 Å². The van der Waals surface area contributed by atoms with Gasteiger partial charge in [-0.1, -0.05) is 48.5 Å². The van der Waals surface area contributed by atoms with E-state index in [-0.39, 0.29) is 6.54 Å². The zero-order valence-electron chi connectivity index (χ0n) is 16.1. The molecular formula is C23H15F2N5O. The average molecular weight is 415 g/mol. The van der Waals surface area contributed by atoms with Crippen molar-refractivity contribution in [3.05, 3.63) is 96.2 Å². The monoisotopic (exact) mass is 415 g/mol. The molecule has 6 nitrogen and oxygen atoms in total. The molecule has 5 aromatic rings. The lowest BCUT2D eigenvalue weighted by molar-refractivity contribution is 0.503. The van der Waals surface area contributed by atoms with E-state index in [4.69, 9.17) is 4.42 Å². The number of rotatable bonds is 5. The van der Waals surface area contributed by atoms with Gasteiger partial charge in [-0.15, -0.1) is 10.2 Å². The van der Waals surface area contributed by atoms with Gasteiger partial charge < -0.3 is 4.42 Å². The molecule has 31 heavy (non-hydrogen) atoms. The molecule has 0 bridgehead atoms. The third-order valence-electron chi connectivity index (χ3n) is 4.69. The molecule has 0 aliphatic carbocycles. The maximum atomic E-state index is 13.4. The van der Waals surface area contributed by atoms with Crippen LogP contribution in [-0.2, 0) is 6.54 Å². The summed E-state index contributed by atoms with van der Waals surface area (Å²) in [6, 6.07) is 20.8. The van der Waals surface area contributed by atoms with E-state index in [0.717, 1.165) is 28.8 Å². The van der Waals surface area contributed by atoms with Crippen molar-refractivity contribution in [3.8, 4) is 34.2 Å². The highest BCUT2D eigenvalue weighted by atomic mass is 19.2. The number of hydrogen-bond donors (Lipinski definition) is 0. The normalized spacial score (nSPS) is 11.0. The van der Waals surface area contributed by atoms with Crippen LogP contribution in [0.3, 0.4) is 0 Å². The summed E-state index contributed by atoms with van der Waals surface area (Å²) in [5.41, 5.74) is 2.98. The van der Waals surface area contributed by atoms with E-state index in [1.807, 2.05) is 54.6 Å². The molecule has 0 N–H and O–H groups in total. The Morgan fingerprint density at radius 3 is 2.45 bits per heavy atom. The Hall–Kier alpha value is -4.20. The fourth-order valence-corrected chi connectivity index (χ4v) is 3.16. The van der Waals surface area contributed by atoms with Crippen LogP contribution in [0, 0.1) is 11.6 Å². The molecule has 3 aromatic carbocycles. The molecule has 0 atom stereocenters. The number of halogens is 2. The van der Waals surface area contributed by atoms with Gasteiger partial charge in [0.2, 0.25) is 11.7 Å². The predicted molar refractivity (Wildman–Crippen MR) is 110 cm³/mol. The molecule has 0 spiro atoms. The van der Waals surface area contributed by atoms with Crippen molar-refractivity contribution in [1.29, 1.82) is 0 Å². The van der Waals surface area contributed by atoms with Gasteiger partial charge in [0.25, 0.3) is 0 Å². The van der Waals surface area contributed by atoms with Crippen molar-refractivity contribution < 1.29 is 13.2 Å². The third kappa shape index (κ3) is 3.95. The molecule has 0 aliphatic rings. The van der Waals surface area contributed by atoms with Gasteiger partial charge in [0.05, 0.1) is 12.7 Å². The summed E-state index contributed by atoms with van der Waals surface area (Å²) >= 11 is 0. The first-order valence-corrected chi connectivity index (χ1v) is 9.49. The van der Waals surface area contributed by atoms with E-state index in [2.05, 4.69) is 20.4 Å². The second-order valence-corrected chi connectivity index (χ2v) is 6.87. The number of aromatic nitrogens is 5. The van der Waals surface area contributed by atoms with Crippen LogP contribution in [-0.4, -0.2) is 25.2 Å². The van der Waals surface area contributed by atoms with Crippen molar-refractivity contribution in [1.82, 2.24) is 25.2 Å². The molecule has 8 heteroatoms. The summed E-state index contributed by atoms with van der Waals surface area (Å²) in [5.74, 6) is -0.244. The maximum Gasteiger partial charge on any atom is 0.226 e. The summed E-state index contributed by atoms with van der Waals surface area (Å²) in [4.78, 5) is 5.71. The van der Waals surface area contributed by atoms with Gasteiger partial charge >= 0.3 is 0 Å². The Morgan fingerprint density at radius 1 is 0.806 bits per heavy atom. The first-order valence-electron chi connectivity index (χ1n) is 9.49. The van der Waals surface area contributed by atoms with Gasteiger partial charge in [-0.05, 0) is 35.0 Å². The summed E-state index contributed by atoms with van der Waals surface area (Å²) in [6.45, 7) is 0.171. The molecule has 0 unspecified atom stereocenters. The number of benzene rings is 3. The van der Waals surface area contributed by atoms with Gasteiger partial charge in [0.15, 0.2) is 17.4 Å². The highest BCUT2D eigenvalue weighted by molar-refractivity contribution is 5.66. The van der Waals surface area contributed by atoms with Crippen LogP contribution in [0.25, 0.3) is 34.2 Å². The smallest absolute Gasteiger partial charge is 0.226 e. The minimum Gasteiger partial charge on any atom is -0.436 e. The molecule has 0 amide bonds. The third-order valence-corrected chi connectivity index (χ3v) is 4.69. The van der Waals surface area contributed by atoms with Gasteiger partial charge in [-0.25, -0.2) is 13.8 Å². The Morgan fingerprint density at radius 2 is 1.61 bits per heavy atom. The highest BCUT2D eigenvalue weighted by Crippen LogP contribution is 2.28. The second-order valence-electron chi connectivity index (χ2n) is 6.87. The first kappa shape index (κ1) is 18.8. The van der Waals surface area contributed by atoms with Gasteiger partial charge in [-0.3, -0.25) is 0 Å². The van der Waals surface area contributed by atoms with Crippen LogP contribution in [0.2, 0.25) is 0 Å². The summed E-state index contributed by atoms with van der Waals surface area (Å²) in [5, 5.41) is 12.4. The number of nitrogens with zero attached hydrogens (tertiary/aromatic N) is 5. The summed E-state index contributed by atoms with van der Waals surface area (Å²) < 4.78 is 32.4. The number of oxazole rings is 1. The van der Waals surface area contributed by atoms with Crippen LogP contribution >= 0.6 is 0 Å². The van der Waals surface area contributed by atoms with E-state index < -0.39 is 11.6 Å². The lowest BCUT2D eigenvalue weighted by atomic mass is 10.1. The Balaban J connectivity index is 1.38. The summed E-state index contributed by atoms with van der Waals surface area (Å²) in [6.07, 6.45) is 1.69. The molecule has 0 radical (unpaired) electrons. The molecule has 0 aliphatic heterocycles. The number of hydrogen-bond acceptors (Lipinski definition) is 5. The maximum absolute atomic E-state index is 13.4. The Kier molecular flexibility index (Phi) is 4.80. The zero-order chi connectivity index (χ0) is 21.2. The van der Waals surface area contributed by atoms with Crippen LogP contribution < -0.4 is 0 Å². The average Bonchev–Trinajstić information content (AvgIpc) is 3.47. The molecule has 5 rings (SSSR count). The van der Waals surface area contributed by atoms with Crippen molar-refractivity contribution >= 4 is 0 Å². The molecule has 0 saturated carbocycles. The van der Waals surface area contributed by atoms with Crippen molar-refractivity contribution in [2.24, 2.45) is 0 Å². The molecule has 0 fully saturated rings. The van der Waals surface area contributed by atoms with Crippen molar-refractivity contribution in [2.75, 3.05) is 0 Å². The van der Waals surface area contributed by atoms with E-state index in [9.17, 15) is 8.78 Å². The molecule has 2 aromatic heterocycles. The van der Waals surface area contributed by atoms with Crippen LogP contribution in [0.5, 0.6) is 0 Å². The molecular weight excluding hydrogens is 400 g/mol. The van der Waals surface area contributed by atoms with Gasteiger partial charge in [0.1, 0.15) is 0 Å². The Bertz CT molecular complexity index is 1350. The van der Waals surface area contributed by atoms with E-state index >= 15 is 0 Å². The quantitative estimate of drug-likeness (QED) is 0.405. The van der Waals surface area contributed by atoms with Crippen LogP contribution in [0.4, 0.5) is 8.78 Å². The summed E-state index contributed by atoms with van der Waals surface area (Å²) in [7, 11) is 0. The zero-order valence-corrected chi connectivity index (χ0v) is 16.1. The van der Waals surface area contributed by atoms with E-state index in [0.29, 0.717) is 23.0 Å². The fraction of sp³-hybridized carbons (Fsp3) is 0.0435. The van der Waals surface area contributed by atoms with Gasteiger partial charge in [0, 0.05) is 16.7 Å². The lowest BCUT2D eigenvalue weighted by Crippen LogP contribution is -2.04. The van der Waals surface area contributed by atoms with Gasteiger partial charge in [-0.2, -0.15) is 4.80 Å². The fourth-order valence-electron chi connectivity index (χ4n) is 3.16. The predicted octanol–water partition coefficient (Wildman–Crippen LogP) is 4.99. The standard InChI is InChI=1S/C23H15F2N5O/c24-19-10-9-15(11-20(19)25)14-30-28-22(27-29-30)17-7-4-8-18(12-17)23-26-13-21(31-23)16-5-2-1-3-6-16/h1-13H,14H2. The second kappa shape index (κ2) is 7.91. The molecule has 0 saturated heterocycles. The largest absolute Gasteiger partial charge is 0.436 e. The lowest BCUT2D eigenvalue weighted by Gasteiger charge is -2.01. The highest BCUT2D eigenvalue weighted by Gasteiger charge is 2.12. The van der Waals surface area contributed by atoms with E-state index in [1.54, 1.807) is 6.20 Å². The molecule has 2 heterocycles. The molecule has 152 valence electrons. The van der Waals surface area contributed by atoms with E-state index in [1.165, 1.54) is 10.9 Å². The first-order chi connectivity index (χ1) is 15.2. The minimum absolute atomic E-state index is 0.171. The van der Waals surface area contributed by atoms with Crippen molar-refractivity contribution in [2.45, 2.75) is 6.54 Å². The Labute approximate surface area is 175 Å². The topological polar surface area (TPSA) is 69.6 Å².